The first kappa shape index (κ1) is 14.8. The Morgan fingerprint density at radius 3 is 2.68 bits per heavy atom. The van der Waals surface area contributed by atoms with Crippen LogP contribution in [0.15, 0.2) is 22.7 Å². The molecule has 1 aliphatic rings. The predicted molar refractivity (Wildman–Crippen MR) is 82.0 cm³/mol. The number of nitrogens with one attached hydrogen (secondary N) is 1. The summed E-state index contributed by atoms with van der Waals surface area (Å²) in [6.45, 7) is 7.99. The smallest absolute Gasteiger partial charge is 0.137 e. The number of hydrogen-bond donors (Lipinski definition) is 1. The lowest BCUT2D eigenvalue weighted by atomic mass is 9.90. The number of hydrogen-bond acceptors (Lipinski definition) is 2. The Hall–Kier alpha value is -0.610. The van der Waals surface area contributed by atoms with Crippen LogP contribution in [0.4, 0.5) is 10.1 Å². The molecular formula is C15H22BrFN2. The van der Waals surface area contributed by atoms with Crippen molar-refractivity contribution in [1.82, 2.24) is 4.90 Å². The summed E-state index contributed by atoms with van der Waals surface area (Å²) >= 11 is 3.23. The Morgan fingerprint density at radius 2 is 2.11 bits per heavy atom. The largest absolute Gasteiger partial charge is 0.382 e. The third-order valence-electron chi connectivity index (χ3n) is 4.10. The molecule has 1 aliphatic heterocycles. The summed E-state index contributed by atoms with van der Waals surface area (Å²) < 4.78 is 13.7. The lowest BCUT2D eigenvalue weighted by Gasteiger charge is -2.34. The molecule has 4 heteroatoms. The number of likely N-dealkylation sites (tertiary alicyclic amines) is 1. The van der Waals surface area contributed by atoms with Crippen LogP contribution in [0.5, 0.6) is 0 Å². The van der Waals surface area contributed by atoms with Gasteiger partial charge in [-0.25, -0.2) is 4.39 Å². The van der Waals surface area contributed by atoms with Crippen molar-refractivity contribution >= 4 is 21.6 Å². The molecule has 106 valence electrons. The average molecular weight is 329 g/mol. The van der Waals surface area contributed by atoms with Crippen molar-refractivity contribution in [1.29, 1.82) is 0 Å². The zero-order chi connectivity index (χ0) is 13.8. The second-order valence-corrected chi connectivity index (χ2v) is 6.19. The summed E-state index contributed by atoms with van der Waals surface area (Å²) in [7, 11) is 0. The number of halogens is 2. The number of piperidine rings is 1. The van der Waals surface area contributed by atoms with Crippen LogP contribution in [-0.4, -0.2) is 30.6 Å². The predicted octanol–water partition coefficient (Wildman–Crippen LogP) is 4.12. The summed E-state index contributed by atoms with van der Waals surface area (Å²) in [4.78, 5) is 2.50. The van der Waals surface area contributed by atoms with E-state index in [9.17, 15) is 4.39 Å². The summed E-state index contributed by atoms with van der Waals surface area (Å²) in [5.74, 6) is 0.487. The molecule has 1 heterocycles. The van der Waals surface area contributed by atoms with E-state index in [1.54, 1.807) is 6.07 Å². The van der Waals surface area contributed by atoms with E-state index < -0.39 is 0 Å². The SMILES string of the molecule is CCN1CCC(C(C)Nc2ccc(F)c(Br)c2)CC1. The second-order valence-electron chi connectivity index (χ2n) is 5.33. The van der Waals surface area contributed by atoms with Crippen LogP contribution < -0.4 is 5.32 Å². The van der Waals surface area contributed by atoms with Crippen LogP contribution in [0.3, 0.4) is 0 Å². The Balaban J connectivity index is 1.90. The molecule has 1 saturated heterocycles. The van der Waals surface area contributed by atoms with E-state index in [-0.39, 0.29) is 5.82 Å². The summed E-state index contributed by atoms with van der Waals surface area (Å²) in [5.41, 5.74) is 0.985. The Kier molecular flexibility index (Phi) is 5.22. The molecule has 19 heavy (non-hydrogen) atoms. The highest BCUT2D eigenvalue weighted by atomic mass is 79.9. The Bertz CT molecular complexity index is 417. The zero-order valence-electron chi connectivity index (χ0n) is 11.6. The Labute approximate surface area is 123 Å². The number of anilines is 1. The minimum atomic E-state index is -0.213. The first-order valence-corrected chi connectivity index (χ1v) is 7.83. The van der Waals surface area contributed by atoms with Crippen molar-refractivity contribution in [2.45, 2.75) is 32.7 Å². The molecule has 1 fully saturated rings. The maximum absolute atomic E-state index is 13.2. The Morgan fingerprint density at radius 1 is 1.42 bits per heavy atom. The van der Waals surface area contributed by atoms with Gasteiger partial charge in [0.1, 0.15) is 5.82 Å². The van der Waals surface area contributed by atoms with Gasteiger partial charge in [0.15, 0.2) is 0 Å². The molecule has 0 amide bonds. The molecule has 1 atom stereocenters. The van der Waals surface area contributed by atoms with Crippen molar-refractivity contribution in [3.8, 4) is 0 Å². The highest BCUT2D eigenvalue weighted by molar-refractivity contribution is 9.10. The van der Waals surface area contributed by atoms with Gasteiger partial charge in [-0.05, 0) is 79.4 Å². The van der Waals surface area contributed by atoms with Gasteiger partial charge in [-0.3, -0.25) is 0 Å². The van der Waals surface area contributed by atoms with Crippen molar-refractivity contribution in [3.63, 3.8) is 0 Å². The average Bonchev–Trinajstić information content (AvgIpc) is 2.43. The number of nitrogens with zero attached hydrogens (tertiary/aromatic N) is 1. The van der Waals surface area contributed by atoms with E-state index in [1.807, 2.05) is 6.07 Å². The van der Waals surface area contributed by atoms with Crippen molar-refractivity contribution in [3.05, 3.63) is 28.5 Å². The van der Waals surface area contributed by atoms with Gasteiger partial charge >= 0.3 is 0 Å². The third kappa shape index (κ3) is 3.93. The van der Waals surface area contributed by atoms with Crippen LogP contribution in [0.1, 0.15) is 26.7 Å². The molecule has 1 aromatic carbocycles. The third-order valence-corrected chi connectivity index (χ3v) is 4.71. The number of rotatable bonds is 4. The summed E-state index contributed by atoms with van der Waals surface area (Å²) in [5, 5.41) is 3.50. The first-order chi connectivity index (χ1) is 9.10. The highest BCUT2D eigenvalue weighted by Crippen LogP contribution is 2.25. The van der Waals surface area contributed by atoms with Gasteiger partial charge in [-0.1, -0.05) is 6.92 Å². The van der Waals surface area contributed by atoms with E-state index in [2.05, 4.69) is 40.0 Å². The molecule has 0 saturated carbocycles. The standard InChI is InChI=1S/C15H22BrFN2/c1-3-19-8-6-12(7-9-19)11(2)18-13-4-5-15(17)14(16)10-13/h4-5,10-12,18H,3,6-9H2,1-2H3. The van der Waals surface area contributed by atoms with Crippen LogP contribution >= 0.6 is 15.9 Å². The lowest BCUT2D eigenvalue weighted by Crippen LogP contribution is -2.39. The minimum Gasteiger partial charge on any atom is -0.382 e. The van der Waals surface area contributed by atoms with Gasteiger partial charge in [0.2, 0.25) is 0 Å². The fraction of sp³-hybridized carbons (Fsp3) is 0.600. The van der Waals surface area contributed by atoms with Crippen LogP contribution in [0.25, 0.3) is 0 Å². The van der Waals surface area contributed by atoms with E-state index in [0.29, 0.717) is 16.4 Å². The molecule has 0 spiro atoms. The molecule has 0 aliphatic carbocycles. The van der Waals surface area contributed by atoms with E-state index in [0.717, 1.165) is 12.2 Å². The van der Waals surface area contributed by atoms with Gasteiger partial charge < -0.3 is 10.2 Å². The zero-order valence-corrected chi connectivity index (χ0v) is 13.2. The maximum Gasteiger partial charge on any atom is 0.137 e. The van der Waals surface area contributed by atoms with Crippen LogP contribution in [0.2, 0.25) is 0 Å². The van der Waals surface area contributed by atoms with Crippen molar-refractivity contribution in [2.75, 3.05) is 25.0 Å². The normalized spacial score (nSPS) is 19.4. The second kappa shape index (κ2) is 6.71. The fourth-order valence-corrected chi connectivity index (χ4v) is 3.11. The van der Waals surface area contributed by atoms with Crippen LogP contribution in [-0.2, 0) is 0 Å². The van der Waals surface area contributed by atoms with E-state index in [4.69, 9.17) is 0 Å². The van der Waals surface area contributed by atoms with Crippen molar-refractivity contribution in [2.24, 2.45) is 5.92 Å². The fourth-order valence-electron chi connectivity index (χ4n) is 2.74. The molecule has 0 aromatic heterocycles. The lowest BCUT2D eigenvalue weighted by molar-refractivity contribution is 0.183. The molecule has 0 bridgehead atoms. The topological polar surface area (TPSA) is 15.3 Å². The van der Waals surface area contributed by atoms with E-state index >= 15 is 0 Å². The monoisotopic (exact) mass is 328 g/mol. The van der Waals surface area contributed by atoms with Crippen molar-refractivity contribution < 1.29 is 4.39 Å². The van der Waals surface area contributed by atoms with Gasteiger partial charge in [0.05, 0.1) is 4.47 Å². The van der Waals surface area contributed by atoms with Gasteiger partial charge in [-0.15, -0.1) is 0 Å². The van der Waals surface area contributed by atoms with Gasteiger partial charge in [0, 0.05) is 11.7 Å². The summed E-state index contributed by atoms with van der Waals surface area (Å²) in [6, 6.07) is 5.54. The molecule has 1 aromatic rings. The molecule has 1 N–H and O–H groups in total. The molecule has 2 nitrogen and oxygen atoms in total. The minimum absolute atomic E-state index is 0.213. The van der Waals surface area contributed by atoms with E-state index in [1.165, 1.54) is 32.0 Å². The molecule has 0 radical (unpaired) electrons. The molecular weight excluding hydrogens is 307 g/mol. The maximum atomic E-state index is 13.2. The molecule has 2 rings (SSSR count). The number of benzene rings is 1. The molecule has 1 unspecified atom stereocenters. The van der Waals surface area contributed by atoms with Gasteiger partial charge in [-0.2, -0.15) is 0 Å². The van der Waals surface area contributed by atoms with Gasteiger partial charge in [0.25, 0.3) is 0 Å². The van der Waals surface area contributed by atoms with Crippen LogP contribution in [0, 0.1) is 11.7 Å². The highest BCUT2D eigenvalue weighted by Gasteiger charge is 2.23. The first-order valence-electron chi connectivity index (χ1n) is 7.04. The quantitative estimate of drug-likeness (QED) is 0.894. The summed E-state index contributed by atoms with van der Waals surface area (Å²) in [6.07, 6.45) is 2.48.